The van der Waals surface area contributed by atoms with Crippen LogP contribution in [-0.4, -0.2) is 11.0 Å². The van der Waals surface area contributed by atoms with Gasteiger partial charge >= 0.3 is 0 Å². The van der Waals surface area contributed by atoms with Crippen LogP contribution in [0.1, 0.15) is 5.76 Å². The zero-order valence-corrected chi connectivity index (χ0v) is 8.39. The molecule has 0 unspecified atom stereocenters. The van der Waals surface area contributed by atoms with Crippen molar-refractivity contribution >= 4 is 37.7 Å². The van der Waals surface area contributed by atoms with Crippen LogP contribution in [0.25, 0.3) is 0 Å². The normalized spacial score (nSPS) is 12.0. The van der Waals surface area contributed by atoms with E-state index in [9.17, 15) is 0 Å². The molecule has 0 spiro atoms. The smallest absolute Gasteiger partial charge is 0.206 e. The first-order chi connectivity index (χ1) is 5.15. The van der Waals surface area contributed by atoms with E-state index in [1.165, 1.54) is 0 Å². The predicted octanol–water partition coefficient (Wildman–Crippen LogP) is 1.90. The Bertz CT molecular complexity index is 275. The molecule has 0 saturated carbocycles. The molecule has 6 heteroatoms. The first kappa shape index (κ1) is 8.61. The summed E-state index contributed by atoms with van der Waals surface area (Å²) < 4.78 is 6.26. The number of hydrogen-bond donors (Lipinski definition) is 2. The van der Waals surface area contributed by atoms with Crippen LogP contribution in [0.15, 0.2) is 24.8 Å². The van der Waals surface area contributed by atoms with Gasteiger partial charge in [-0.2, -0.15) is 0 Å². The van der Waals surface area contributed by atoms with Crippen molar-refractivity contribution in [2.45, 2.75) is 0 Å². The summed E-state index contributed by atoms with van der Waals surface area (Å²) in [5.74, 6) is 0.252. The van der Waals surface area contributed by atoms with Crippen molar-refractivity contribution < 1.29 is 9.62 Å². The van der Waals surface area contributed by atoms with Crippen molar-refractivity contribution in [3.63, 3.8) is 0 Å². The van der Waals surface area contributed by atoms with Crippen molar-refractivity contribution in [3.05, 3.63) is 21.0 Å². The average Bonchev–Trinajstić information content (AvgIpc) is 2.31. The van der Waals surface area contributed by atoms with Gasteiger partial charge in [-0.05, 0) is 31.9 Å². The van der Waals surface area contributed by atoms with Gasteiger partial charge in [0.15, 0.2) is 10.4 Å². The summed E-state index contributed by atoms with van der Waals surface area (Å²) in [7, 11) is 0. The molecule has 0 atom stereocenters. The van der Waals surface area contributed by atoms with Gasteiger partial charge in [0.05, 0.1) is 4.47 Å². The van der Waals surface area contributed by atoms with Crippen molar-refractivity contribution in [1.29, 1.82) is 0 Å². The zero-order valence-electron chi connectivity index (χ0n) is 5.21. The molecule has 0 aliphatic rings. The van der Waals surface area contributed by atoms with Gasteiger partial charge in [-0.25, -0.2) is 0 Å². The van der Waals surface area contributed by atoms with Gasteiger partial charge in [-0.15, -0.1) is 0 Å². The molecule has 4 nitrogen and oxygen atoms in total. The van der Waals surface area contributed by atoms with E-state index in [1.807, 2.05) is 0 Å². The molecule has 0 bridgehead atoms. The Morgan fingerprint density at radius 3 is 2.64 bits per heavy atom. The summed E-state index contributed by atoms with van der Waals surface area (Å²) in [6, 6.07) is 1.60. The lowest BCUT2D eigenvalue weighted by molar-refractivity contribution is 0.317. The van der Waals surface area contributed by atoms with E-state index in [2.05, 4.69) is 37.0 Å². The highest BCUT2D eigenvalue weighted by atomic mass is 79.9. The number of nitrogens with zero attached hydrogens (tertiary/aromatic N) is 1. The minimum atomic E-state index is -0.0589. The minimum Gasteiger partial charge on any atom is -0.445 e. The highest BCUT2D eigenvalue weighted by molar-refractivity contribution is 9.13. The molecule has 0 aromatic carbocycles. The second kappa shape index (κ2) is 3.27. The van der Waals surface area contributed by atoms with Crippen molar-refractivity contribution in [3.8, 4) is 0 Å². The van der Waals surface area contributed by atoms with E-state index in [-0.39, 0.29) is 5.84 Å². The Morgan fingerprint density at radius 2 is 2.27 bits per heavy atom. The van der Waals surface area contributed by atoms with E-state index in [4.69, 9.17) is 15.4 Å². The maximum Gasteiger partial charge on any atom is 0.206 e. The lowest BCUT2D eigenvalue weighted by Crippen LogP contribution is -2.11. The molecule has 3 N–H and O–H groups in total. The molecule has 0 amide bonds. The van der Waals surface area contributed by atoms with Gasteiger partial charge in [-0.3, -0.25) is 0 Å². The Kier molecular flexibility index (Phi) is 2.56. The van der Waals surface area contributed by atoms with Gasteiger partial charge in [0.1, 0.15) is 0 Å². The summed E-state index contributed by atoms with van der Waals surface area (Å²) in [6.07, 6.45) is 0. The molecular weight excluding hydrogens is 280 g/mol. The molecule has 0 saturated heterocycles. The van der Waals surface area contributed by atoms with Crippen molar-refractivity contribution in [2.75, 3.05) is 0 Å². The third-order valence-electron chi connectivity index (χ3n) is 1.01. The fourth-order valence-corrected chi connectivity index (χ4v) is 1.10. The van der Waals surface area contributed by atoms with Gasteiger partial charge in [0.2, 0.25) is 5.84 Å². The molecular formula is C5H4Br2N2O2. The van der Waals surface area contributed by atoms with Gasteiger partial charge in [-0.1, -0.05) is 5.16 Å². The topological polar surface area (TPSA) is 71.8 Å². The fraction of sp³-hybridized carbons (Fsp3) is 0. The maximum atomic E-state index is 8.26. The van der Waals surface area contributed by atoms with Crippen LogP contribution in [0.2, 0.25) is 0 Å². The third-order valence-corrected chi connectivity index (χ3v) is 2.72. The molecule has 1 aromatic heterocycles. The van der Waals surface area contributed by atoms with E-state index in [0.29, 0.717) is 10.4 Å². The van der Waals surface area contributed by atoms with Crippen LogP contribution in [-0.2, 0) is 0 Å². The number of oxime groups is 1. The fourth-order valence-electron chi connectivity index (χ4n) is 0.522. The number of nitrogens with two attached hydrogens (primary N) is 1. The third kappa shape index (κ3) is 1.75. The van der Waals surface area contributed by atoms with Gasteiger partial charge in [0.25, 0.3) is 0 Å². The second-order valence-corrected chi connectivity index (χ2v) is 3.29. The van der Waals surface area contributed by atoms with Gasteiger partial charge in [0, 0.05) is 6.07 Å². The van der Waals surface area contributed by atoms with Crippen LogP contribution in [0.5, 0.6) is 0 Å². The molecule has 1 heterocycles. The first-order valence-corrected chi connectivity index (χ1v) is 4.16. The quantitative estimate of drug-likeness (QED) is 0.358. The van der Waals surface area contributed by atoms with E-state index in [1.54, 1.807) is 6.07 Å². The molecule has 1 rings (SSSR count). The largest absolute Gasteiger partial charge is 0.445 e. The number of furan rings is 1. The average molecular weight is 284 g/mol. The van der Waals surface area contributed by atoms with Crippen LogP contribution in [0.4, 0.5) is 0 Å². The minimum absolute atomic E-state index is 0.0589. The predicted molar refractivity (Wildman–Crippen MR) is 46.6 cm³/mol. The van der Waals surface area contributed by atoms with E-state index >= 15 is 0 Å². The van der Waals surface area contributed by atoms with E-state index < -0.39 is 0 Å². The Labute approximate surface area is 79.3 Å². The van der Waals surface area contributed by atoms with Crippen molar-refractivity contribution in [1.82, 2.24) is 0 Å². The monoisotopic (exact) mass is 282 g/mol. The van der Waals surface area contributed by atoms with Crippen LogP contribution < -0.4 is 5.73 Å². The standard InChI is InChI=1S/C5H4Br2N2O2/c6-2-1-3(5(8)9-10)11-4(2)7/h1,10H,(H2,8,9). The molecule has 0 aliphatic carbocycles. The zero-order chi connectivity index (χ0) is 8.43. The highest BCUT2D eigenvalue weighted by Gasteiger charge is 2.08. The summed E-state index contributed by atoms with van der Waals surface area (Å²) in [5.41, 5.74) is 5.24. The maximum absolute atomic E-state index is 8.26. The SMILES string of the molecule is NC(=NO)c1cc(Br)c(Br)o1. The highest BCUT2D eigenvalue weighted by Crippen LogP contribution is 2.26. The lowest BCUT2D eigenvalue weighted by Gasteiger charge is -1.88. The molecule has 11 heavy (non-hydrogen) atoms. The summed E-state index contributed by atoms with van der Waals surface area (Å²) >= 11 is 6.29. The van der Waals surface area contributed by atoms with Crippen LogP contribution >= 0.6 is 31.9 Å². The first-order valence-electron chi connectivity index (χ1n) is 2.58. The molecule has 0 aliphatic heterocycles. The van der Waals surface area contributed by atoms with Crippen LogP contribution in [0.3, 0.4) is 0 Å². The summed E-state index contributed by atoms with van der Waals surface area (Å²) in [5, 5.41) is 11.0. The van der Waals surface area contributed by atoms with E-state index in [0.717, 1.165) is 4.47 Å². The number of rotatable bonds is 1. The second-order valence-electron chi connectivity index (χ2n) is 1.72. The Hall–Kier alpha value is -0.490. The molecule has 60 valence electrons. The molecule has 1 aromatic rings. The molecule has 0 radical (unpaired) electrons. The summed E-state index contributed by atoms with van der Waals surface area (Å²) in [6.45, 7) is 0. The van der Waals surface area contributed by atoms with Gasteiger partial charge < -0.3 is 15.4 Å². The Morgan fingerprint density at radius 1 is 1.64 bits per heavy atom. The number of hydrogen-bond acceptors (Lipinski definition) is 3. The lowest BCUT2D eigenvalue weighted by atomic mass is 10.4. The molecule has 0 fully saturated rings. The number of halogens is 2. The Balaban J connectivity index is 3.07. The van der Waals surface area contributed by atoms with Crippen LogP contribution in [0, 0.1) is 0 Å². The number of amidine groups is 1. The summed E-state index contributed by atoms with van der Waals surface area (Å²) in [4.78, 5) is 0. The van der Waals surface area contributed by atoms with Crippen molar-refractivity contribution in [2.24, 2.45) is 10.9 Å².